The number of aliphatic hydroxyl groups is 1. The monoisotopic (exact) mass is 292 g/mol. The van der Waals surface area contributed by atoms with E-state index in [1.165, 1.54) is 25.7 Å². The largest absolute Gasteiger partial charge is 0.397 e. The SMILES string of the molecule is CCCCCCCCC(=O)N(CCO)c1ccccc1N. The Bertz CT molecular complexity index is 421. The van der Waals surface area contributed by atoms with E-state index in [1.54, 1.807) is 11.0 Å². The van der Waals surface area contributed by atoms with Crippen molar-refractivity contribution < 1.29 is 9.90 Å². The van der Waals surface area contributed by atoms with Crippen LogP contribution in [0.1, 0.15) is 51.9 Å². The van der Waals surface area contributed by atoms with E-state index < -0.39 is 0 Å². The summed E-state index contributed by atoms with van der Waals surface area (Å²) in [4.78, 5) is 13.9. The van der Waals surface area contributed by atoms with Crippen molar-refractivity contribution in [3.63, 3.8) is 0 Å². The minimum absolute atomic E-state index is 0.0393. The molecule has 0 fully saturated rings. The van der Waals surface area contributed by atoms with Gasteiger partial charge in [-0.05, 0) is 18.6 Å². The number of nitrogens with two attached hydrogens (primary N) is 1. The van der Waals surface area contributed by atoms with Gasteiger partial charge in [-0.25, -0.2) is 0 Å². The third-order valence-corrected chi connectivity index (χ3v) is 3.60. The number of rotatable bonds is 10. The zero-order chi connectivity index (χ0) is 15.5. The van der Waals surface area contributed by atoms with Crippen LogP contribution < -0.4 is 10.6 Å². The highest BCUT2D eigenvalue weighted by molar-refractivity contribution is 5.96. The summed E-state index contributed by atoms with van der Waals surface area (Å²) in [6.07, 6.45) is 7.44. The Balaban J connectivity index is 2.49. The van der Waals surface area contributed by atoms with Gasteiger partial charge in [-0.15, -0.1) is 0 Å². The molecule has 0 bridgehead atoms. The lowest BCUT2D eigenvalue weighted by atomic mass is 10.1. The fourth-order valence-electron chi connectivity index (χ4n) is 2.40. The van der Waals surface area contributed by atoms with Crippen LogP contribution in [0, 0.1) is 0 Å². The second-order valence-electron chi connectivity index (χ2n) is 5.35. The quantitative estimate of drug-likeness (QED) is 0.513. The highest BCUT2D eigenvalue weighted by atomic mass is 16.3. The van der Waals surface area contributed by atoms with Crippen molar-refractivity contribution in [3.05, 3.63) is 24.3 Å². The first kappa shape index (κ1) is 17.5. The lowest BCUT2D eigenvalue weighted by Gasteiger charge is -2.23. The minimum atomic E-state index is -0.0590. The van der Waals surface area contributed by atoms with Crippen molar-refractivity contribution in [2.45, 2.75) is 51.9 Å². The predicted octanol–water partition coefficient (Wildman–Crippen LogP) is 3.34. The third kappa shape index (κ3) is 6.17. The molecule has 1 rings (SSSR count). The molecule has 0 heterocycles. The highest BCUT2D eigenvalue weighted by Gasteiger charge is 2.16. The smallest absolute Gasteiger partial charge is 0.227 e. The molecule has 0 aliphatic rings. The van der Waals surface area contributed by atoms with Crippen molar-refractivity contribution in [1.82, 2.24) is 0 Å². The number of carbonyl (C=O) groups excluding carboxylic acids is 1. The van der Waals surface area contributed by atoms with Crippen molar-refractivity contribution in [1.29, 1.82) is 0 Å². The van der Waals surface area contributed by atoms with Crippen LogP contribution in [0.4, 0.5) is 11.4 Å². The number of unbranched alkanes of at least 4 members (excludes halogenated alkanes) is 5. The molecular weight excluding hydrogens is 264 g/mol. The molecule has 0 aromatic heterocycles. The van der Waals surface area contributed by atoms with Gasteiger partial charge in [0.2, 0.25) is 5.91 Å². The van der Waals surface area contributed by atoms with Gasteiger partial charge in [-0.1, -0.05) is 51.2 Å². The summed E-state index contributed by atoms with van der Waals surface area (Å²) in [6.45, 7) is 2.43. The van der Waals surface area contributed by atoms with E-state index in [2.05, 4.69) is 6.92 Å². The Morgan fingerprint density at radius 3 is 2.48 bits per heavy atom. The molecule has 3 N–H and O–H groups in total. The van der Waals surface area contributed by atoms with Crippen molar-refractivity contribution in [2.24, 2.45) is 0 Å². The summed E-state index contributed by atoms with van der Waals surface area (Å²) >= 11 is 0. The Hall–Kier alpha value is -1.55. The molecule has 4 heteroatoms. The fraction of sp³-hybridized carbons (Fsp3) is 0.588. The molecule has 0 unspecified atom stereocenters. The molecule has 1 aromatic rings. The number of anilines is 2. The summed E-state index contributed by atoms with van der Waals surface area (Å²) in [7, 11) is 0. The number of hydrogen-bond donors (Lipinski definition) is 2. The zero-order valence-corrected chi connectivity index (χ0v) is 13.1. The van der Waals surface area contributed by atoms with Crippen LogP contribution in [-0.2, 0) is 4.79 Å². The molecule has 0 aliphatic carbocycles. The maximum atomic E-state index is 12.3. The lowest BCUT2D eigenvalue weighted by molar-refractivity contribution is -0.118. The Kier molecular flexibility index (Phi) is 8.51. The Morgan fingerprint density at radius 2 is 1.81 bits per heavy atom. The first-order valence-electron chi connectivity index (χ1n) is 7.96. The third-order valence-electron chi connectivity index (χ3n) is 3.60. The number of nitrogen functional groups attached to an aromatic ring is 1. The van der Waals surface area contributed by atoms with Crippen LogP contribution in [0.15, 0.2) is 24.3 Å². The minimum Gasteiger partial charge on any atom is -0.397 e. The van der Waals surface area contributed by atoms with E-state index in [0.29, 0.717) is 24.3 Å². The van der Waals surface area contributed by atoms with Gasteiger partial charge < -0.3 is 15.7 Å². The molecule has 118 valence electrons. The van der Waals surface area contributed by atoms with Gasteiger partial charge in [0.25, 0.3) is 0 Å². The van der Waals surface area contributed by atoms with Crippen LogP contribution in [0.25, 0.3) is 0 Å². The zero-order valence-electron chi connectivity index (χ0n) is 13.1. The van der Waals surface area contributed by atoms with E-state index >= 15 is 0 Å². The molecule has 0 saturated heterocycles. The predicted molar refractivity (Wildman–Crippen MR) is 88.3 cm³/mol. The van der Waals surface area contributed by atoms with E-state index in [0.717, 1.165) is 12.8 Å². The number of aliphatic hydroxyl groups excluding tert-OH is 1. The summed E-state index contributed by atoms with van der Waals surface area (Å²) < 4.78 is 0. The molecule has 4 nitrogen and oxygen atoms in total. The number of para-hydroxylation sites is 2. The molecule has 1 aromatic carbocycles. The van der Waals surface area contributed by atoms with Gasteiger partial charge >= 0.3 is 0 Å². The average Bonchev–Trinajstić information content (AvgIpc) is 2.49. The topological polar surface area (TPSA) is 66.6 Å². The number of benzene rings is 1. The number of carbonyl (C=O) groups is 1. The highest BCUT2D eigenvalue weighted by Crippen LogP contribution is 2.23. The van der Waals surface area contributed by atoms with Gasteiger partial charge in [-0.3, -0.25) is 4.79 Å². The number of hydrogen-bond acceptors (Lipinski definition) is 3. The van der Waals surface area contributed by atoms with E-state index in [1.807, 2.05) is 18.2 Å². The first-order chi connectivity index (χ1) is 10.2. The molecule has 0 radical (unpaired) electrons. The van der Waals surface area contributed by atoms with Crippen molar-refractivity contribution >= 4 is 17.3 Å². The first-order valence-corrected chi connectivity index (χ1v) is 7.96. The van der Waals surface area contributed by atoms with Gasteiger partial charge in [-0.2, -0.15) is 0 Å². The van der Waals surface area contributed by atoms with E-state index in [9.17, 15) is 9.90 Å². The van der Waals surface area contributed by atoms with Crippen LogP contribution in [0.2, 0.25) is 0 Å². The summed E-state index contributed by atoms with van der Waals surface area (Å²) in [5.41, 5.74) is 7.19. The van der Waals surface area contributed by atoms with Crippen LogP contribution in [0.3, 0.4) is 0 Å². The van der Waals surface area contributed by atoms with Crippen LogP contribution in [0.5, 0.6) is 0 Å². The average molecular weight is 292 g/mol. The Morgan fingerprint density at radius 1 is 1.14 bits per heavy atom. The summed E-state index contributed by atoms with van der Waals surface area (Å²) in [5.74, 6) is 0.0393. The van der Waals surface area contributed by atoms with Crippen molar-refractivity contribution in [2.75, 3.05) is 23.8 Å². The van der Waals surface area contributed by atoms with Crippen LogP contribution >= 0.6 is 0 Å². The molecular formula is C17H28N2O2. The van der Waals surface area contributed by atoms with Gasteiger partial charge in [0.1, 0.15) is 0 Å². The van der Waals surface area contributed by atoms with Gasteiger partial charge in [0.05, 0.1) is 18.0 Å². The standard InChI is InChI=1S/C17H28N2O2/c1-2-3-4-5-6-7-12-17(21)19(13-14-20)16-11-9-8-10-15(16)18/h8-11,20H,2-7,12-14,18H2,1H3. The normalized spacial score (nSPS) is 10.6. The van der Waals surface area contributed by atoms with E-state index in [4.69, 9.17) is 5.73 Å². The molecule has 0 aliphatic heterocycles. The number of amides is 1. The van der Waals surface area contributed by atoms with Gasteiger partial charge in [0.15, 0.2) is 0 Å². The van der Waals surface area contributed by atoms with Crippen molar-refractivity contribution in [3.8, 4) is 0 Å². The lowest BCUT2D eigenvalue weighted by Crippen LogP contribution is -2.33. The second kappa shape index (κ2) is 10.2. The summed E-state index contributed by atoms with van der Waals surface area (Å²) in [5, 5.41) is 9.17. The maximum Gasteiger partial charge on any atom is 0.227 e. The van der Waals surface area contributed by atoms with E-state index in [-0.39, 0.29) is 12.5 Å². The molecule has 21 heavy (non-hydrogen) atoms. The Labute approximate surface area is 128 Å². The second-order valence-corrected chi connectivity index (χ2v) is 5.35. The maximum absolute atomic E-state index is 12.3. The molecule has 0 atom stereocenters. The molecule has 1 amide bonds. The fourth-order valence-corrected chi connectivity index (χ4v) is 2.40. The summed E-state index contributed by atoms with van der Waals surface area (Å²) in [6, 6.07) is 7.30. The van der Waals surface area contributed by atoms with Crippen LogP contribution in [-0.4, -0.2) is 24.2 Å². The molecule has 0 spiro atoms. The number of nitrogens with zero attached hydrogens (tertiary/aromatic N) is 1. The van der Waals surface area contributed by atoms with Gasteiger partial charge in [0, 0.05) is 13.0 Å². The molecule has 0 saturated carbocycles.